The monoisotopic (exact) mass is 603 g/mol. The first kappa shape index (κ1) is 25.6. The molecule has 10 heteroatoms. The zero-order valence-electron chi connectivity index (χ0n) is 19.0. The highest BCUT2D eigenvalue weighted by atomic mass is 127. The molecule has 3 aromatic rings. The van der Waals surface area contributed by atoms with Crippen LogP contribution in [0.25, 0.3) is 0 Å². The van der Waals surface area contributed by atoms with Gasteiger partial charge in [0.15, 0.2) is 0 Å². The molecule has 0 spiro atoms. The van der Waals surface area contributed by atoms with Crippen molar-refractivity contribution in [3.05, 3.63) is 93.3 Å². The van der Waals surface area contributed by atoms with E-state index in [0.717, 1.165) is 10.5 Å². The summed E-state index contributed by atoms with van der Waals surface area (Å²) in [4.78, 5) is 40.6. The molecule has 0 aliphatic carbocycles. The van der Waals surface area contributed by atoms with Crippen molar-refractivity contribution < 1.29 is 28.6 Å². The van der Waals surface area contributed by atoms with Crippen LogP contribution in [0.15, 0.2) is 72.8 Å². The largest absolute Gasteiger partial charge is 0.491 e. The van der Waals surface area contributed by atoms with E-state index < -0.39 is 35.7 Å². The molecule has 2 atom stereocenters. The van der Waals surface area contributed by atoms with Crippen LogP contribution in [0.4, 0.5) is 14.9 Å². The number of benzene rings is 3. The number of nitrogens with zero attached hydrogens (tertiary/aromatic N) is 1. The molecule has 8 nitrogen and oxygen atoms in total. The normalized spacial score (nSPS) is 16.0. The number of hydrogen-bond donors (Lipinski definition) is 3. The van der Waals surface area contributed by atoms with E-state index in [-0.39, 0.29) is 25.3 Å². The Balaban J connectivity index is 1.60. The van der Waals surface area contributed by atoms with Crippen LogP contribution in [0.3, 0.4) is 0 Å². The molecule has 4 rings (SSSR count). The van der Waals surface area contributed by atoms with Crippen LogP contribution < -0.4 is 15.4 Å². The lowest BCUT2D eigenvalue weighted by Crippen LogP contribution is -2.49. The van der Waals surface area contributed by atoms with Gasteiger partial charge >= 0.3 is 6.03 Å². The number of carbonyl (C=O) groups excluding carboxylic acids is 3. The molecule has 1 aliphatic rings. The highest BCUT2D eigenvalue weighted by Crippen LogP contribution is 2.27. The number of nitrogens with one attached hydrogen (secondary N) is 2. The maximum Gasteiger partial charge on any atom is 0.325 e. The van der Waals surface area contributed by atoms with Crippen LogP contribution in [-0.2, 0) is 16.0 Å². The Morgan fingerprint density at radius 2 is 1.83 bits per heavy atom. The van der Waals surface area contributed by atoms with Crippen molar-refractivity contribution in [3.63, 3.8) is 0 Å². The molecule has 0 aromatic heterocycles. The molecular formula is C26H23FIN3O5. The first-order chi connectivity index (χ1) is 17.4. The second-order valence-corrected chi connectivity index (χ2v) is 9.30. The predicted molar refractivity (Wildman–Crippen MR) is 139 cm³/mol. The van der Waals surface area contributed by atoms with Crippen LogP contribution in [0.1, 0.15) is 17.2 Å². The maximum atomic E-state index is 14.4. The number of carbonyl (C=O) groups is 3. The molecule has 0 bridgehead atoms. The minimum absolute atomic E-state index is 0.0412. The lowest BCUT2D eigenvalue weighted by Gasteiger charge is -2.25. The van der Waals surface area contributed by atoms with Gasteiger partial charge in [-0.15, -0.1) is 0 Å². The van der Waals surface area contributed by atoms with E-state index in [1.807, 2.05) is 28.7 Å². The molecule has 4 amide bonds. The van der Waals surface area contributed by atoms with Gasteiger partial charge in [-0.3, -0.25) is 9.59 Å². The lowest BCUT2D eigenvalue weighted by molar-refractivity contribution is -0.134. The zero-order chi connectivity index (χ0) is 25.7. The summed E-state index contributed by atoms with van der Waals surface area (Å²) in [5.74, 6) is -1.39. The highest BCUT2D eigenvalue weighted by molar-refractivity contribution is 14.1. The Morgan fingerprint density at radius 1 is 1.11 bits per heavy atom. The van der Waals surface area contributed by atoms with Gasteiger partial charge in [0.05, 0.1) is 12.3 Å². The second kappa shape index (κ2) is 11.5. The smallest absolute Gasteiger partial charge is 0.325 e. The van der Waals surface area contributed by atoms with Crippen molar-refractivity contribution in [3.8, 4) is 5.75 Å². The lowest BCUT2D eigenvalue weighted by atomic mass is 10.0. The maximum absolute atomic E-state index is 14.4. The molecule has 1 fully saturated rings. The van der Waals surface area contributed by atoms with Gasteiger partial charge in [0.25, 0.3) is 5.91 Å². The van der Waals surface area contributed by atoms with Gasteiger partial charge in [-0.1, -0.05) is 42.5 Å². The summed E-state index contributed by atoms with van der Waals surface area (Å²) in [6.07, 6.45) is 0.0540. The van der Waals surface area contributed by atoms with Gasteiger partial charge in [-0.2, -0.15) is 0 Å². The number of rotatable bonds is 9. The van der Waals surface area contributed by atoms with Crippen molar-refractivity contribution in [2.75, 3.05) is 18.5 Å². The van der Waals surface area contributed by atoms with E-state index in [1.165, 1.54) is 12.1 Å². The first-order valence-corrected chi connectivity index (χ1v) is 12.2. The number of aliphatic hydroxyl groups excluding tert-OH is 1. The molecule has 1 aliphatic heterocycles. The molecule has 0 radical (unpaired) electrons. The molecule has 1 heterocycles. The van der Waals surface area contributed by atoms with E-state index in [2.05, 4.69) is 10.6 Å². The Kier molecular flexibility index (Phi) is 8.16. The van der Waals surface area contributed by atoms with Crippen LogP contribution >= 0.6 is 22.6 Å². The van der Waals surface area contributed by atoms with Gasteiger partial charge < -0.3 is 20.5 Å². The van der Waals surface area contributed by atoms with Crippen molar-refractivity contribution in [2.45, 2.75) is 18.5 Å². The Morgan fingerprint density at radius 3 is 2.50 bits per heavy atom. The third-order valence-corrected chi connectivity index (χ3v) is 6.29. The average Bonchev–Trinajstić information content (AvgIpc) is 3.17. The number of aliphatic hydroxyl groups is 1. The van der Waals surface area contributed by atoms with Crippen LogP contribution in [-0.4, -0.2) is 47.1 Å². The average molecular weight is 603 g/mol. The van der Waals surface area contributed by atoms with Gasteiger partial charge in [0, 0.05) is 9.99 Å². The van der Waals surface area contributed by atoms with E-state index in [9.17, 15) is 18.8 Å². The van der Waals surface area contributed by atoms with Crippen molar-refractivity contribution in [2.24, 2.45) is 0 Å². The summed E-state index contributed by atoms with van der Waals surface area (Å²) in [5, 5.41) is 14.1. The summed E-state index contributed by atoms with van der Waals surface area (Å²) in [5.41, 5.74) is 1.20. The minimum atomic E-state index is -1.21. The third-order valence-electron chi connectivity index (χ3n) is 5.62. The fraction of sp³-hybridized carbons (Fsp3) is 0.192. The summed E-state index contributed by atoms with van der Waals surface area (Å²) >= 11 is 1.96. The number of hydrogen-bond acceptors (Lipinski definition) is 5. The van der Waals surface area contributed by atoms with E-state index in [1.54, 1.807) is 54.6 Å². The number of anilines is 1. The first-order valence-electron chi connectivity index (χ1n) is 11.1. The zero-order valence-corrected chi connectivity index (χ0v) is 21.1. The summed E-state index contributed by atoms with van der Waals surface area (Å²) < 4.78 is 20.4. The quantitative estimate of drug-likeness (QED) is 0.256. The molecule has 1 saturated heterocycles. The molecule has 1 unspecified atom stereocenters. The third kappa shape index (κ3) is 5.82. The SMILES string of the molecule is O=C(Nc1ccc(I)cc1F)C(Cc1ccccc1)N1C(=O)N[C@H](c2ccc(OCCO)cc2)C1=O. The number of urea groups is 1. The summed E-state index contributed by atoms with van der Waals surface area (Å²) in [6.45, 7) is -0.00544. The van der Waals surface area contributed by atoms with Crippen molar-refractivity contribution in [1.82, 2.24) is 10.2 Å². The number of imide groups is 1. The number of amides is 4. The second-order valence-electron chi connectivity index (χ2n) is 8.05. The van der Waals surface area contributed by atoms with E-state index in [4.69, 9.17) is 9.84 Å². The summed E-state index contributed by atoms with van der Waals surface area (Å²) in [6, 6.07) is 16.9. The van der Waals surface area contributed by atoms with Crippen LogP contribution in [0.5, 0.6) is 5.75 Å². The van der Waals surface area contributed by atoms with Crippen molar-refractivity contribution in [1.29, 1.82) is 0 Å². The molecular weight excluding hydrogens is 580 g/mol. The molecule has 3 N–H and O–H groups in total. The van der Waals surface area contributed by atoms with Gasteiger partial charge in [0.1, 0.15) is 30.3 Å². The van der Waals surface area contributed by atoms with Gasteiger partial charge in [-0.05, 0) is 64.0 Å². The van der Waals surface area contributed by atoms with Crippen molar-refractivity contribution >= 4 is 46.1 Å². The Hall–Kier alpha value is -3.51. The molecule has 186 valence electrons. The van der Waals surface area contributed by atoms with Gasteiger partial charge in [0.2, 0.25) is 5.91 Å². The Labute approximate surface area is 220 Å². The number of halogens is 2. The van der Waals surface area contributed by atoms with E-state index in [0.29, 0.717) is 14.9 Å². The molecule has 36 heavy (non-hydrogen) atoms. The topological polar surface area (TPSA) is 108 Å². The predicted octanol–water partition coefficient (Wildman–Crippen LogP) is 3.64. The molecule has 3 aromatic carbocycles. The molecule has 0 saturated carbocycles. The Bertz CT molecular complexity index is 1260. The summed E-state index contributed by atoms with van der Waals surface area (Å²) in [7, 11) is 0. The minimum Gasteiger partial charge on any atom is -0.491 e. The highest BCUT2D eigenvalue weighted by Gasteiger charge is 2.45. The standard InChI is InChI=1S/C26H23FIN3O5/c27-20-15-18(28)8-11-21(20)29-24(33)22(14-16-4-2-1-3-5-16)31-25(34)23(30-26(31)35)17-6-9-19(10-7-17)36-13-12-32/h1-11,15,22-23,32H,12-14H2,(H,29,33)(H,30,35)/t22?,23-/m1/s1. The van der Waals surface area contributed by atoms with E-state index >= 15 is 0 Å². The fourth-order valence-electron chi connectivity index (χ4n) is 3.88. The van der Waals surface area contributed by atoms with Crippen LogP contribution in [0, 0.1) is 9.39 Å². The van der Waals surface area contributed by atoms with Gasteiger partial charge in [-0.25, -0.2) is 14.1 Å². The number of ether oxygens (including phenoxy) is 1. The fourth-order valence-corrected chi connectivity index (χ4v) is 4.33. The van der Waals surface area contributed by atoms with Crippen LogP contribution in [0.2, 0.25) is 0 Å².